The highest BCUT2D eigenvalue weighted by Crippen LogP contribution is 2.21. The van der Waals surface area contributed by atoms with Crippen LogP contribution in [-0.4, -0.2) is 26.6 Å². The molecule has 0 saturated heterocycles. The number of nitriles is 1. The Balaban J connectivity index is 0.000000218. The van der Waals surface area contributed by atoms with Gasteiger partial charge in [0.15, 0.2) is 0 Å². The van der Waals surface area contributed by atoms with Crippen LogP contribution >= 0.6 is 11.6 Å². The second-order valence-electron chi connectivity index (χ2n) is 6.94. The lowest BCUT2D eigenvalue weighted by Gasteiger charge is -2.13. The molecule has 0 aliphatic carbocycles. The molecule has 0 spiro atoms. The van der Waals surface area contributed by atoms with Crippen LogP contribution < -0.4 is 22.3 Å². The van der Waals surface area contributed by atoms with Gasteiger partial charge in [0.25, 0.3) is 5.56 Å². The van der Waals surface area contributed by atoms with E-state index < -0.39 is 0 Å². The van der Waals surface area contributed by atoms with Crippen molar-refractivity contribution >= 4 is 40.1 Å². The molecule has 5 N–H and O–H groups in total. The molecule has 2 aromatic heterocycles. The standard InChI is InChI=1S/C17H15ClN2O.C6H8N6/c1-2-7-15-19-14-11-6-10-13(18)16(14)17(21)20(15)12-8-4-3-5-9-12;1-10-6-11-4(8)3(2-7)5(9)12-6/h3-6,8-11H,2,7H2,1H3;1H3,(H5,8,9,10,11,12). The van der Waals surface area contributed by atoms with Crippen LogP contribution in [0.25, 0.3) is 16.6 Å². The molecule has 4 rings (SSSR count). The first-order valence-electron chi connectivity index (χ1n) is 10.2. The molecule has 33 heavy (non-hydrogen) atoms. The van der Waals surface area contributed by atoms with Crippen LogP contribution in [0.2, 0.25) is 5.02 Å². The minimum atomic E-state index is -0.111. The average molecular weight is 463 g/mol. The van der Waals surface area contributed by atoms with Crippen LogP contribution in [0.3, 0.4) is 0 Å². The molecule has 0 unspecified atom stereocenters. The van der Waals surface area contributed by atoms with Crippen LogP contribution in [0.1, 0.15) is 24.7 Å². The van der Waals surface area contributed by atoms with Crippen LogP contribution in [0.4, 0.5) is 17.6 Å². The van der Waals surface area contributed by atoms with Crippen molar-refractivity contribution in [1.29, 1.82) is 5.26 Å². The number of rotatable bonds is 4. The first-order valence-corrected chi connectivity index (χ1v) is 10.5. The minimum Gasteiger partial charge on any atom is -0.382 e. The van der Waals surface area contributed by atoms with Gasteiger partial charge < -0.3 is 16.8 Å². The van der Waals surface area contributed by atoms with Gasteiger partial charge in [-0.15, -0.1) is 0 Å². The highest BCUT2D eigenvalue weighted by atomic mass is 35.5. The van der Waals surface area contributed by atoms with E-state index >= 15 is 0 Å². The molecule has 2 aromatic carbocycles. The number of hydrogen-bond donors (Lipinski definition) is 3. The van der Waals surface area contributed by atoms with E-state index in [0.29, 0.717) is 21.9 Å². The summed E-state index contributed by atoms with van der Waals surface area (Å²) in [6.07, 6.45) is 1.66. The number of nitrogen functional groups attached to an aromatic ring is 2. The molecule has 10 heteroatoms. The molecule has 0 radical (unpaired) electrons. The van der Waals surface area contributed by atoms with Crippen molar-refractivity contribution in [3.8, 4) is 11.8 Å². The summed E-state index contributed by atoms with van der Waals surface area (Å²) >= 11 is 6.20. The number of nitrogens with zero attached hydrogens (tertiary/aromatic N) is 5. The maximum Gasteiger partial charge on any atom is 0.267 e. The molecule has 0 aliphatic rings. The Labute approximate surface area is 195 Å². The van der Waals surface area contributed by atoms with E-state index in [0.717, 1.165) is 24.4 Å². The van der Waals surface area contributed by atoms with Crippen LogP contribution in [0, 0.1) is 11.3 Å². The molecular formula is C23H23ClN8O. The number of anilines is 3. The van der Waals surface area contributed by atoms with Gasteiger partial charge in [-0.25, -0.2) is 4.98 Å². The Bertz CT molecular complexity index is 1360. The van der Waals surface area contributed by atoms with Crippen molar-refractivity contribution < 1.29 is 0 Å². The van der Waals surface area contributed by atoms with Gasteiger partial charge in [0.2, 0.25) is 5.95 Å². The summed E-state index contributed by atoms with van der Waals surface area (Å²) < 4.78 is 1.66. The third-order valence-corrected chi connectivity index (χ3v) is 5.02. The van der Waals surface area contributed by atoms with Gasteiger partial charge in [-0.05, 0) is 30.7 Å². The number of aryl methyl sites for hydroxylation is 1. The van der Waals surface area contributed by atoms with Gasteiger partial charge in [0, 0.05) is 13.5 Å². The number of nitrogens with two attached hydrogens (primary N) is 2. The van der Waals surface area contributed by atoms with E-state index in [-0.39, 0.29) is 22.8 Å². The van der Waals surface area contributed by atoms with E-state index in [9.17, 15) is 4.79 Å². The number of hydrogen-bond acceptors (Lipinski definition) is 8. The third kappa shape index (κ3) is 5.02. The molecule has 0 saturated carbocycles. The fourth-order valence-corrected chi connectivity index (χ4v) is 3.44. The van der Waals surface area contributed by atoms with Crippen molar-refractivity contribution in [2.45, 2.75) is 19.8 Å². The fourth-order valence-electron chi connectivity index (χ4n) is 3.19. The predicted molar refractivity (Wildman–Crippen MR) is 131 cm³/mol. The zero-order valence-corrected chi connectivity index (χ0v) is 19.0. The highest BCUT2D eigenvalue weighted by molar-refractivity contribution is 6.35. The summed E-state index contributed by atoms with van der Waals surface area (Å²) in [5.41, 5.74) is 12.3. The predicted octanol–water partition coefficient (Wildman–Crippen LogP) is 3.55. The summed E-state index contributed by atoms with van der Waals surface area (Å²) in [7, 11) is 1.64. The van der Waals surface area contributed by atoms with E-state index in [4.69, 9.17) is 28.3 Å². The highest BCUT2D eigenvalue weighted by Gasteiger charge is 2.14. The van der Waals surface area contributed by atoms with Crippen LogP contribution in [0.15, 0.2) is 53.3 Å². The van der Waals surface area contributed by atoms with Gasteiger partial charge in [-0.1, -0.05) is 42.8 Å². The summed E-state index contributed by atoms with van der Waals surface area (Å²) in [4.78, 5) is 25.1. The SMILES string of the molecule is CCCc1nc2cccc(Cl)c2c(=O)n1-c1ccccc1.CNc1nc(N)c(C#N)c(N)n1. The second-order valence-corrected chi connectivity index (χ2v) is 7.35. The number of aromatic nitrogens is 4. The summed E-state index contributed by atoms with van der Waals surface area (Å²) in [5.74, 6) is 1.26. The van der Waals surface area contributed by atoms with E-state index in [1.54, 1.807) is 17.7 Å². The lowest BCUT2D eigenvalue weighted by atomic mass is 10.2. The van der Waals surface area contributed by atoms with Gasteiger partial charge in [-0.3, -0.25) is 9.36 Å². The number of nitrogens with one attached hydrogen (secondary N) is 1. The topological polar surface area (TPSA) is 149 Å². The molecular weight excluding hydrogens is 440 g/mol. The normalized spacial score (nSPS) is 10.2. The van der Waals surface area contributed by atoms with Gasteiger partial charge in [0.05, 0.1) is 21.6 Å². The van der Waals surface area contributed by atoms with Crippen LogP contribution in [-0.2, 0) is 6.42 Å². The molecule has 0 fully saturated rings. The fraction of sp³-hybridized carbons (Fsp3) is 0.174. The maximum atomic E-state index is 12.9. The Morgan fingerprint density at radius 2 is 1.73 bits per heavy atom. The molecule has 168 valence electrons. The largest absolute Gasteiger partial charge is 0.382 e. The number of benzene rings is 2. The summed E-state index contributed by atoms with van der Waals surface area (Å²) in [6.45, 7) is 2.07. The quantitative estimate of drug-likeness (QED) is 0.416. The Morgan fingerprint density at radius 3 is 2.30 bits per heavy atom. The summed E-state index contributed by atoms with van der Waals surface area (Å²) in [5, 5.41) is 12.1. The summed E-state index contributed by atoms with van der Waals surface area (Å²) in [6, 6.07) is 16.7. The van der Waals surface area contributed by atoms with Crippen LogP contribution in [0.5, 0.6) is 0 Å². The zero-order valence-electron chi connectivity index (χ0n) is 18.2. The molecule has 0 aliphatic heterocycles. The molecule has 4 aromatic rings. The monoisotopic (exact) mass is 462 g/mol. The zero-order chi connectivity index (χ0) is 24.0. The van der Waals surface area contributed by atoms with Crippen molar-refractivity contribution in [2.24, 2.45) is 0 Å². The smallest absolute Gasteiger partial charge is 0.267 e. The third-order valence-electron chi connectivity index (χ3n) is 4.70. The number of para-hydroxylation sites is 1. The number of halogens is 1. The van der Waals surface area contributed by atoms with E-state index in [1.165, 1.54) is 0 Å². The van der Waals surface area contributed by atoms with Crippen molar-refractivity contribution in [1.82, 2.24) is 19.5 Å². The van der Waals surface area contributed by atoms with Crippen molar-refractivity contribution in [3.05, 3.63) is 75.3 Å². The minimum absolute atomic E-state index is 0.0920. The number of fused-ring (bicyclic) bond motifs is 1. The van der Waals surface area contributed by atoms with Crippen molar-refractivity contribution in [2.75, 3.05) is 23.8 Å². The van der Waals surface area contributed by atoms with E-state index in [2.05, 4.69) is 27.2 Å². The molecule has 0 atom stereocenters. The Hall–Kier alpha value is -4.16. The lowest BCUT2D eigenvalue weighted by molar-refractivity contribution is 0.774. The maximum absolute atomic E-state index is 12.9. The van der Waals surface area contributed by atoms with Crippen molar-refractivity contribution in [3.63, 3.8) is 0 Å². The Morgan fingerprint density at radius 1 is 1.06 bits per heavy atom. The molecule has 0 bridgehead atoms. The average Bonchev–Trinajstić information content (AvgIpc) is 2.80. The molecule has 0 amide bonds. The molecule has 2 heterocycles. The lowest BCUT2D eigenvalue weighted by Crippen LogP contribution is -2.24. The van der Waals surface area contributed by atoms with E-state index in [1.807, 2.05) is 48.5 Å². The van der Waals surface area contributed by atoms with Gasteiger partial charge >= 0.3 is 0 Å². The Kier molecular flexibility index (Phi) is 7.43. The van der Waals surface area contributed by atoms with Gasteiger partial charge in [-0.2, -0.15) is 15.2 Å². The molecule has 9 nitrogen and oxygen atoms in total. The van der Waals surface area contributed by atoms with Gasteiger partial charge in [0.1, 0.15) is 29.1 Å². The first kappa shape index (κ1) is 23.5. The second kappa shape index (κ2) is 10.4. The first-order chi connectivity index (χ1) is 15.9.